The smallest absolute Gasteiger partial charge is 0.383 e. The summed E-state index contributed by atoms with van der Waals surface area (Å²) >= 11 is 6.74. The summed E-state index contributed by atoms with van der Waals surface area (Å²) in [6, 6.07) is 10.7. The van der Waals surface area contributed by atoms with Gasteiger partial charge in [0.15, 0.2) is 5.54 Å². The molecule has 222 valence electrons. The first-order chi connectivity index (χ1) is 20.3. The van der Waals surface area contributed by atoms with Crippen molar-refractivity contribution in [2.24, 2.45) is 12.5 Å². The Hall–Kier alpha value is -4.37. The number of alkyl halides is 3. The Labute approximate surface area is 250 Å². The number of halogens is 4. The zero-order valence-corrected chi connectivity index (χ0v) is 24.7. The number of benzene rings is 2. The highest BCUT2D eigenvalue weighted by molar-refractivity contribution is 6.35. The van der Waals surface area contributed by atoms with Crippen LogP contribution in [0, 0.1) is 16.7 Å². The summed E-state index contributed by atoms with van der Waals surface area (Å²) in [5.74, 6) is 0. The lowest BCUT2D eigenvalue weighted by Gasteiger charge is -2.23. The molecule has 6 rings (SSSR count). The van der Waals surface area contributed by atoms with Gasteiger partial charge in [0.2, 0.25) is 0 Å². The number of para-hydroxylation sites is 1. The van der Waals surface area contributed by atoms with Crippen molar-refractivity contribution < 1.29 is 13.2 Å². The van der Waals surface area contributed by atoms with E-state index in [1.54, 1.807) is 24.0 Å². The monoisotopic (exact) mass is 607 g/mol. The molecular weight excluding hydrogens is 579 g/mol. The van der Waals surface area contributed by atoms with Crippen LogP contribution >= 0.6 is 11.6 Å². The zero-order chi connectivity index (χ0) is 30.7. The Kier molecular flexibility index (Phi) is 6.76. The van der Waals surface area contributed by atoms with E-state index in [9.17, 15) is 18.4 Å². The molecule has 43 heavy (non-hydrogen) atoms. The van der Waals surface area contributed by atoms with E-state index in [0.29, 0.717) is 45.1 Å². The van der Waals surface area contributed by atoms with Crippen LogP contribution in [0.15, 0.2) is 48.9 Å². The quantitative estimate of drug-likeness (QED) is 0.206. The van der Waals surface area contributed by atoms with E-state index in [1.165, 1.54) is 12.4 Å². The topological polar surface area (TPSA) is 109 Å². The molecule has 0 amide bonds. The largest absolute Gasteiger partial charge is 0.413 e. The molecule has 5 aromatic rings. The summed E-state index contributed by atoms with van der Waals surface area (Å²) < 4.78 is 44.5. The first-order valence-electron chi connectivity index (χ1n) is 13.7. The highest BCUT2D eigenvalue weighted by Crippen LogP contribution is 2.55. The predicted octanol–water partition coefficient (Wildman–Crippen LogP) is 6.95. The van der Waals surface area contributed by atoms with Crippen molar-refractivity contribution in [2.45, 2.75) is 51.4 Å². The summed E-state index contributed by atoms with van der Waals surface area (Å²) in [5, 5.41) is 31.1. The number of aryl methyl sites for hydroxylation is 1. The molecule has 2 aromatic carbocycles. The van der Waals surface area contributed by atoms with Crippen LogP contribution in [0.25, 0.3) is 21.8 Å². The van der Waals surface area contributed by atoms with Crippen LogP contribution in [0.2, 0.25) is 5.02 Å². The molecule has 2 N–H and O–H groups in total. The van der Waals surface area contributed by atoms with Gasteiger partial charge in [0.05, 0.1) is 45.7 Å². The van der Waals surface area contributed by atoms with Crippen molar-refractivity contribution in [3.63, 3.8) is 0 Å². The minimum absolute atomic E-state index is 0.0481. The lowest BCUT2D eigenvalue weighted by Crippen LogP contribution is -2.35. The van der Waals surface area contributed by atoms with Crippen LogP contribution in [0.3, 0.4) is 0 Å². The molecule has 0 aliphatic heterocycles. The first-order valence-corrected chi connectivity index (χ1v) is 14.1. The lowest BCUT2D eigenvalue weighted by molar-refractivity contribution is -0.182. The molecule has 9 nitrogen and oxygen atoms in total. The molecule has 1 fully saturated rings. The Morgan fingerprint density at radius 3 is 2.60 bits per heavy atom. The molecule has 1 atom stereocenters. The average Bonchev–Trinajstić information content (AvgIpc) is 3.49. The average molecular weight is 608 g/mol. The zero-order valence-electron chi connectivity index (χ0n) is 24.0. The Balaban J connectivity index is 1.49. The van der Waals surface area contributed by atoms with E-state index >= 15 is 0 Å². The Bertz CT molecular complexity index is 1890. The number of rotatable bonds is 7. The van der Waals surface area contributed by atoms with Gasteiger partial charge in [-0.25, -0.2) is 4.68 Å². The fourth-order valence-electron chi connectivity index (χ4n) is 5.33. The maximum Gasteiger partial charge on any atom is 0.413 e. The maximum atomic E-state index is 13.9. The third kappa shape index (κ3) is 5.12. The second kappa shape index (κ2) is 10.1. The summed E-state index contributed by atoms with van der Waals surface area (Å²) in [6.07, 6.45) is 0.0368. The number of pyridine rings is 1. The van der Waals surface area contributed by atoms with E-state index in [0.717, 1.165) is 21.1 Å². The van der Waals surface area contributed by atoms with E-state index in [1.807, 2.05) is 24.3 Å². The predicted molar refractivity (Wildman–Crippen MR) is 159 cm³/mol. The molecule has 1 aliphatic rings. The Morgan fingerprint density at radius 1 is 1.16 bits per heavy atom. The molecular formula is C30H29ClF3N9. The number of anilines is 2. The number of nitriles is 1. The molecule has 0 radical (unpaired) electrons. The minimum Gasteiger partial charge on any atom is -0.383 e. The summed E-state index contributed by atoms with van der Waals surface area (Å²) in [5.41, 5.74) is 1.76. The van der Waals surface area contributed by atoms with Crippen molar-refractivity contribution >= 4 is 44.8 Å². The fourth-order valence-corrected chi connectivity index (χ4v) is 5.59. The number of hydrogen-bond acceptors (Lipinski definition) is 7. The standard InChI is InChI=1S/C30H29ClF3N9/c1-28(2,3)16-37-24-18(12-35)13-36-25-21(24)10-19(11-22(25)31)39-26(20-7-5-6-17-14-38-42(4)27(17)20)23-15-43(41-40-23)29(8-9-29)30(32,33)34/h5-7,10-11,13-15,26,39H,8-9,16H2,1-4H3,(H,36,37). The number of nitrogens with zero attached hydrogens (tertiary/aromatic N) is 7. The van der Waals surface area contributed by atoms with Gasteiger partial charge in [0.25, 0.3) is 0 Å². The van der Waals surface area contributed by atoms with E-state index in [4.69, 9.17) is 11.6 Å². The van der Waals surface area contributed by atoms with Crippen LogP contribution in [-0.4, -0.2) is 42.5 Å². The third-order valence-electron chi connectivity index (χ3n) is 7.75. The second-order valence-electron chi connectivity index (χ2n) is 12.2. The van der Waals surface area contributed by atoms with Crippen LogP contribution in [-0.2, 0) is 12.6 Å². The molecule has 1 unspecified atom stereocenters. The van der Waals surface area contributed by atoms with Crippen molar-refractivity contribution in [1.29, 1.82) is 5.26 Å². The molecule has 3 aromatic heterocycles. The summed E-state index contributed by atoms with van der Waals surface area (Å²) in [6.45, 7) is 6.83. The van der Waals surface area contributed by atoms with Gasteiger partial charge < -0.3 is 10.6 Å². The number of hydrogen-bond donors (Lipinski definition) is 2. The van der Waals surface area contributed by atoms with Gasteiger partial charge in [-0.05, 0) is 30.4 Å². The van der Waals surface area contributed by atoms with Crippen LogP contribution in [0.1, 0.15) is 56.5 Å². The molecule has 0 spiro atoms. The Morgan fingerprint density at radius 2 is 1.93 bits per heavy atom. The normalized spacial score (nSPS) is 15.4. The highest BCUT2D eigenvalue weighted by atomic mass is 35.5. The van der Waals surface area contributed by atoms with Gasteiger partial charge in [-0.15, -0.1) is 5.10 Å². The summed E-state index contributed by atoms with van der Waals surface area (Å²) in [4.78, 5) is 4.43. The molecule has 1 aliphatic carbocycles. The fraction of sp³-hybridized carbons (Fsp3) is 0.367. The van der Waals surface area contributed by atoms with Crippen LogP contribution in [0.4, 0.5) is 24.5 Å². The molecule has 3 heterocycles. The number of fused-ring (bicyclic) bond motifs is 2. The van der Waals surface area contributed by atoms with Gasteiger partial charge in [-0.2, -0.15) is 23.5 Å². The molecule has 13 heteroatoms. The maximum absolute atomic E-state index is 13.9. The van der Waals surface area contributed by atoms with Crippen LogP contribution < -0.4 is 10.6 Å². The van der Waals surface area contributed by atoms with Crippen molar-refractivity contribution in [1.82, 2.24) is 29.8 Å². The third-order valence-corrected chi connectivity index (χ3v) is 8.04. The molecule has 1 saturated carbocycles. The van der Waals surface area contributed by atoms with Gasteiger partial charge in [-0.1, -0.05) is 55.8 Å². The van der Waals surface area contributed by atoms with Gasteiger partial charge in [-0.3, -0.25) is 9.67 Å². The minimum atomic E-state index is -4.45. The van der Waals surface area contributed by atoms with E-state index in [2.05, 4.69) is 57.9 Å². The SMILES string of the molecule is Cn1ncc2cccc(C(Nc3cc(Cl)c4ncc(C#N)c(NCC(C)(C)C)c4c3)c3cn(C4(C(F)(F)F)CC4)nn3)c21. The number of aromatic nitrogens is 6. The van der Waals surface area contributed by atoms with E-state index < -0.39 is 17.8 Å². The van der Waals surface area contributed by atoms with Crippen molar-refractivity contribution in [3.05, 3.63) is 70.8 Å². The molecule has 0 bridgehead atoms. The van der Waals surface area contributed by atoms with Gasteiger partial charge in [0, 0.05) is 41.8 Å². The number of nitrogens with one attached hydrogen (secondary N) is 2. The highest BCUT2D eigenvalue weighted by Gasteiger charge is 2.66. The molecule has 0 saturated heterocycles. The second-order valence-corrected chi connectivity index (χ2v) is 12.6. The lowest BCUT2D eigenvalue weighted by atomic mass is 9.96. The van der Waals surface area contributed by atoms with Crippen molar-refractivity contribution in [3.8, 4) is 6.07 Å². The summed E-state index contributed by atoms with van der Waals surface area (Å²) in [7, 11) is 1.80. The van der Waals surface area contributed by atoms with Crippen LogP contribution in [0.5, 0.6) is 0 Å². The first kappa shape index (κ1) is 28.7. The van der Waals surface area contributed by atoms with E-state index in [-0.39, 0.29) is 18.3 Å². The van der Waals surface area contributed by atoms with Gasteiger partial charge >= 0.3 is 6.18 Å². The van der Waals surface area contributed by atoms with Crippen molar-refractivity contribution in [2.75, 3.05) is 17.2 Å². The van der Waals surface area contributed by atoms with Gasteiger partial charge in [0.1, 0.15) is 11.8 Å².